The van der Waals surface area contributed by atoms with Gasteiger partial charge in [-0.05, 0) is 28.1 Å². The van der Waals surface area contributed by atoms with Crippen LogP contribution in [0.2, 0.25) is 0 Å². The zero-order chi connectivity index (χ0) is 13.8. The van der Waals surface area contributed by atoms with E-state index >= 15 is 0 Å². The minimum absolute atomic E-state index is 0.259. The number of hydrogen-bond acceptors (Lipinski definition) is 4. The number of aliphatic hydroxyl groups is 1. The Hall–Kier alpha value is -1.30. The summed E-state index contributed by atoms with van der Waals surface area (Å²) in [5, 5.41) is 10.5. The molecule has 0 radical (unpaired) electrons. The molecule has 3 N–H and O–H groups in total. The monoisotopic (exact) mass is 325 g/mol. The van der Waals surface area contributed by atoms with Crippen LogP contribution in [0.5, 0.6) is 5.75 Å². The van der Waals surface area contributed by atoms with E-state index < -0.39 is 6.10 Å². The molecule has 0 aliphatic rings. The molecule has 0 spiro atoms. The Morgan fingerprint density at radius 3 is 2.63 bits per heavy atom. The molecule has 0 bridgehead atoms. The summed E-state index contributed by atoms with van der Waals surface area (Å²) in [6, 6.07) is 9.28. The molecule has 1 aromatic carbocycles. The summed E-state index contributed by atoms with van der Waals surface area (Å²) < 4.78 is 11.0. The van der Waals surface area contributed by atoms with Gasteiger partial charge in [0.05, 0.1) is 19.5 Å². The molecule has 4 nitrogen and oxygen atoms in total. The van der Waals surface area contributed by atoms with Crippen molar-refractivity contribution >= 4 is 15.9 Å². The van der Waals surface area contributed by atoms with E-state index in [1.165, 1.54) is 6.26 Å². The van der Waals surface area contributed by atoms with E-state index in [9.17, 15) is 5.11 Å². The summed E-state index contributed by atoms with van der Waals surface area (Å²) in [6.07, 6.45) is 0.771. The smallest absolute Gasteiger partial charge is 0.174 e. The average Bonchev–Trinajstić information content (AvgIpc) is 2.86. The fraction of sp³-hybridized carbons (Fsp3) is 0.286. The summed E-state index contributed by atoms with van der Waals surface area (Å²) in [4.78, 5) is 0. The first kappa shape index (κ1) is 14.1. The Bertz CT molecular complexity index is 541. The van der Waals surface area contributed by atoms with Crippen LogP contribution in [0, 0.1) is 0 Å². The molecule has 5 heteroatoms. The van der Waals surface area contributed by atoms with Crippen molar-refractivity contribution in [1.29, 1.82) is 0 Å². The molecule has 1 heterocycles. The van der Waals surface area contributed by atoms with Crippen molar-refractivity contribution in [2.75, 3.05) is 13.7 Å². The number of aliphatic hydroxyl groups excluding tert-OH is 1. The Morgan fingerprint density at radius 2 is 2.05 bits per heavy atom. The number of hydrogen-bond donors (Lipinski definition) is 2. The summed E-state index contributed by atoms with van der Waals surface area (Å²) >= 11 is 3.27. The minimum Gasteiger partial charge on any atom is -0.496 e. The Morgan fingerprint density at radius 1 is 1.32 bits per heavy atom. The van der Waals surface area contributed by atoms with Gasteiger partial charge in [-0.2, -0.15) is 0 Å². The largest absolute Gasteiger partial charge is 0.496 e. The van der Waals surface area contributed by atoms with Gasteiger partial charge < -0.3 is 20.0 Å². The van der Waals surface area contributed by atoms with Gasteiger partial charge in [0.15, 0.2) is 4.67 Å². The van der Waals surface area contributed by atoms with Crippen molar-refractivity contribution in [3.05, 3.63) is 52.4 Å². The van der Waals surface area contributed by atoms with Crippen molar-refractivity contribution in [2.45, 2.75) is 12.0 Å². The first-order valence-corrected chi connectivity index (χ1v) is 6.72. The van der Waals surface area contributed by atoms with E-state index in [0.29, 0.717) is 16.8 Å². The highest BCUT2D eigenvalue weighted by atomic mass is 79.9. The van der Waals surface area contributed by atoms with Crippen LogP contribution in [0.1, 0.15) is 23.1 Å². The van der Waals surface area contributed by atoms with Crippen LogP contribution in [0.4, 0.5) is 0 Å². The standard InChI is InChI=1S/C14H16BrNO3/c1-18-12-5-3-2-4-9(12)11(8-16)13(17)10-6-7-19-14(10)15/h2-7,11,13,17H,8,16H2,1H3. The maximum absolute atomic E-state index is 10.5. The molecular formula is C14H16BrNO3. The number of para-hydroxylation sites is 1. The molecule has 0 saturated carbocycles. The molecule has 0 aliphatic carbocycles. The number of halogens is 1. The lowest BCUT2D eigenvalue weighted by Gasteiger charge is -2.23. The van der Waals surface area contributed by atoms with Crippen molar-refractivity contribution < 1.29 is 14.3 Å². The van der Waals surface area contributed by atoms with Gasteiger partial charge in [-0.3, -0.25) is 0 Å². The number of benzene rings is 1. The summed E-state index contributed by atoms with van der Waals surface area (Å²) in [7, 11) is 1.60. The number of rotatable bonds is 5. The molecule has 19 heavy (non-hydrogen) atoms. The lowest BCUT2D eigenvalue weighted by atomic mass is 9.89. The van der Waals surface area contributed by atoms with Gasteiger partial charge in [-0.25, -0.2) is 0 Å². The quantitative estimate of drug-likeness (QED) is 0.886. The topological polar surface area (TPSA) is 68.6 Å². The maximum atomic E-state index is 10.5. The Kier molecular flexibility index (Phi) is 4.63. The van der Waals surface area contributed by atoms with Crippen molar-refractivity contribution in [1.82, 2.24) is 0 Å². The second-order valence-corrected chi connectivity index (χ2v) is 4.90. The zero-order valence-electron chi connectivity index (χ0n) is 10.5. The van der Waals surface area contributed by atoms with Crippen molar-refractivity contribution in [3.63, 3.8) is 0 Å². The molecule has 2 atom stereocenters. The summed E-state index contributed by atoms with van der Waals surface area (Å²) in [6.45, 7) is 0.305. The molecular weight excluding hydrogens is 310 g/mol. The third-order valence-corrected chi connectivity index (χ3v) is 3.78. The van der Waals surface area contributed by atoms with Gasteiger partial charge in [0.25, 0.3) is 0 Å². The normalized spacial score (nSPS) is 14.1. The van der Waals surface area contributed by atoms with Crippen molar-refractivity contribution in [3.8, 4) is 5.75 Å². The van der Waals surface area contributed by atoms with Crippen molar-refractivity contribution in [2.24, 2.45) is 5.73 Å². The highest BCUT2D eigenvalue weighted by Gasteiger charge is 2.26. The second-order valence-electron chi connectivity index (χ2n) is 4.18. The SMILES string of the molecule is COc1ccccc1C(CN)C(O)c1ccoc1Br. The molecule has 0 aliphatic heterocycles. The molecule has 2 rings (SSSR count). The summed E-state index contributed by atoms with van der Waals surface area (Å²) in [5.41, 5.74) is 7.39. The molecule has 2 aromatic rings. The first-order valence-electron chi connectivity index (χ1n) is 5.93. The highest BCUT2D eigenvalue weighted by molar-refractivity contribution is 9.10. The van der Waals surface area contributed by atoms with E-state index in [2.05, 4.69) is 15.9 Å². The van der Waals surface area contributed by atoms with Crippen LogP contribution in [0.25, 0.3) is 0 Å². The first-order chi connectivity index (χ1) is 9.19. The molecule has 0 amide bonds. The third-order valence-electron chi connectivity index (χ3n) is 3.14. The summed E-state index contributed by atoms with van der Waals surface area (Å²) in [5.74, 6) is 0.460. The van der Waals surface area contributed by atoms with Crippen LogP contribution >= 0.6 is 15.9 Å². The van der Waals surface area contributed by atoms with Gasteiger partial charge in [-0.1, -0.05) is 18.2 Å². The Balaban J connectivity index is 2.37. The number of methoxy groups -OCH3 is 1. The van der Waals surface area contributed by atoms with Gasteiger partial charge in [0, 0.05) is 23.6 Å². The van der Waals surface area contributed by atoms with Crippen LogP contribution < -0.4 is 10.5 Å². The van der Waals surface area contributed by atoms with Gasteiger partial charge in [0.1, 0.15) is 5.75 Å². The lowest BCUT2D eigenvalue weighted by Crippen LogP contribution is -2.20. The van der Waals surface area contributed by atoms with E-state index in [-0.39, 0.29) is 5.92 Å². The maximum Gasteiger partial charge on any atom is 0.174 e. The fourth-order valence-corrected chi connectivity index (χ4v) is 2.61. The van der Waals surface area contributed by atoms with Crippen LogP contribution in [-0.4, -0.2) is 18.8 Å². The lowest BCUT2D eigenvalue weighted by molar-refractivity contribution is 0.144. The van der Waals surface area contributed by atoms with Gasteiger partial charge in [0.2, 0.25) is 0 Å². The second kappa shape index (κ2) is 6.23. The van der Waals surface area contributed by atoms with Crippen LogP contribution in [0.15, 0.2) is 45.7 Å². The minimum atomic E-state index is -0.755. The van der Waals surface area contributed by atoms with E-state index in [1.54, 1.807) is 13.2 Å². The van der Waals surface area contributed by atoms with Crippen LogP contribution in [-0.2, 0) is 0 Å². The predicted octanol–water partition coefficient (Wildman–Crippen LogP) is 2.83. The molecule has 0 fully saturated rings. The fourth-order valence-electron chi connectivity index (χ4n) is 2.13. The highest BCUT2D eigenvalue weighted by Crippen LogP contribution is 2.38. The molecule has 102 valence electrons. The number of ether oxygens (including phenoxy) is 1. The molecule has 1 aromatic heterocycles. The van der Waals surface area contributed by atoms with Gasteiger partial charge in [-0.15, -0.1) is 0 Å². The predicted molar refractivity (Wildman–Crippen MR) is 76.2 cm³/mol. The molecule has 2 unspecified atom stereocenters. The number of furan rings is 1. The zero-order valence-corrected chi connectivity index (χ0v) is 12.1. The number of nitrogens with two attached hydrogens (primary N) is 1. The van der Waals surface area contributed by atoms with E-state index in [0.717, 1.165) is 11.3 Å². The Labute approximate surface area is 120 Å². The van der Waals surface area contributed by atoms with E-state index in [4.69, 9.17) is 14.9 Å². The third kappa shape index (κ3) is 2.83. The average molecular weight is 326 g/mol. The van der Waals surface area contributed by atoms with Gasteiger partial charge >= 0.3 is 0 Å². The van der Waals surface area contributed by atoms with Crippen LogP contribution in [0.3, 0.4) is 0 Å². The molecule has 0 saturated heterocycles. The van der Waals surface area contributed by atoms with E-state index in [1.807, 2.05) is 24.3 Å².